The quantitative estimate of drug-likeness (QED) is 0.0230. The first kappa shape index (κ1) is 52.2. The van der Waals surface area contributed by atoms with Gasteiger partial charge in [0.1, 0.15) is 17.9 Å². The maximum atomic E-state index is 14.6. The predicted molar refractivity (Wildman–Crippen MR) is 210 cm³/mol. The Kier molecular flexibility index (Phi) is 14.3. The number of ketones is 1. The van der Waals surface area contributed by atoms with Crippen molar-refractivity contribution in [2.24, 2.45) is 5.92 Å². The van der Waals surface area contributed by atoms with Crippen LogP contribution in [0.3, 0.4) is 0 Å². The molecule has 28 heteroatoms. The summed E-state index contributed by atoms with van der Waals surface area (Å²) >= 11 is 0. The number of rotatable bonds is 19. The number of aromatic hydroxyl groups is 5. The summed E-state index contributed by atoms with van der Waals surface area (Å²) < 4.78 is 15.6. The number of carbonyl (C=O) groups excluding carboxylic acids is 3. The van der Waals surface area contributed by atoms with Crippen LogP contribution in [0.25, 0.3) is 0 Å². The molecule has 3 amide bonds. The minimum atomic E-state index is -4.92. The molecule has 370 valence electrons. The van der Waals surface area contributed by atoms with Crippen molar-refractivity contribution in [3.05, 3.63) is 70.8 Å². The number of aryl methyl sites for hydroxylation is 2. The number of carbonyl (C=O) groups is 3. The first-order valence-corrected chi connectivity index (χ1v) is 19.5. The van der Waals surface area contributed by atoms with E-state index in [0.717, 1.165) is 5.32 Å². The Labute approximate surface area is 375 Å². The Balaban J connectivity index is 1.64. The number of urea groups is 1. The molecule has 67 heavy (non-hydrogen) atoms. The highest BCUT2D eigenvalue weighted by molar-refractivity contribution is 5.93. The molecule has 21 N–H and O–H groups in total. The number of aliphatic hydroxyl groups excluding tert-OH is 2. The van der Waals surface area contributed by atoms with Crippen LogP contribution in [0, 0.1) is 19.8 Å². The van der Waals surface area contributed by atoms with Gasteiger partial charge in [0.2, 0.25) is 29.3 Å². The van der Waals surface area contributed by atoms with Gasteiger partial charge in [-0.05, 0) is 49.3 Å². The van der Waals surface area contributed by atoms with Crippen LogP contribution in [0.4, 0.5) is 4.79 Å². The highest BCUT2D eigenvalue weighted by atomic mass is 16.8. The van der Waals surface area contributed by atoms with E-state index in [1.807, 2.05) is 0 Å². The molecule has 0 radical (unpaired) electrons. The summed E-state index contributed by atoms with van der Waals surface area (Å²) in [4.78, 5) is 40.6. The van der Waals surface area contributed by atoms with Crippen molar-refractivity contribution in [2.45, 2.75) is 99.0 Å². The molecule has 2 heterocycles. The summed E-state index contributed by atoms with van der Waals surface area (Å²) in [5.41, 5.74) is -3.96. The lowest BCUT2D eigenvalue weighted by atomic mass is 9.83. The van der Waals surface area contributed by atoms with Gasteiger partial charge in [0, 0.05) is 6.42 Å². The minimum Gasteiger partial charge on any atom is -0.504 e. The lowest BCUT2D eigenvalue weighted by molar-refractivity contribution is -0.499. The van der Waals surface area contributed by atoms with Crippen molar-refractivity contribution in [3.63, 3.8) is 0 Å². The second-order valence-corrected chi connectivity index (χ2v) is 15.9. The Morgan fingerprint density at radius 3 is 1.88 bits per heavy atom. The Morgan fingerprint density at radius 1 is 0.821 bits per heavy atom. The lowest BCUT2D eigenvalue weighted by Crippen LogP contribution is -2.87. The van der Waals surface area contributed by atoms with Gasteiger partial charge in [-0.2, -0.15) is 0 Å². The van der Waals surface area contributed by atoms with Crippen LogP contribution in [0.5, 0.6) is 34.5 Å². The fraction of sp³-hybridized carbons (Fsp3) is 0.462. The molecular formula is C39H49N3O25. The fourth-order valence-corrected chi connectivity index (χ4v) is 7.39. The van der Waals surface area contributed by atoms with E-state index in [2.05, 4.69) is 0 Å². The summed E-state index contributed by atoms with van der Waals surface area (Å²) in [5.74, 6) is -35.5. The number of hydrogen-bond donors (Lipinski definition) is 21. The van der Waals surface area contributed by atoms with Gasteiger partial charge in [0.15, 0.2) is 29.7 Å². The molecule has 6 unspecified atom stereocenters. The van der Waals surface area contributed by atoms with Crippen LogP contribution in [0.15, 0.2) is 48.5 Å². The zero-order chi connectivity index (χ0) is 50.6. The Bertz CT molecular complexity index is 2290. The molecule has 0 bridgehead atoms. The molecule has 0 aliphatic carbocycles. The smallest absolute Gasteiger partial charge is 0.328 e. The zero-order valence-electron chi connectivity index (χ0n) is 34.8. The first-order valence-electron chi connectivity index (χ1n) is 19.5. The van der Waals surface area contributed by atoms with Crippen molar-refractivity contribution in [1.82, 2.24) is 15.5 Å². The molecule has 2 aliphatic heterocycles. The summed E-state index contributed by atoms with van der Waals surface area (Å²) in [7, 11) is 0. The van der Waals surface area contributed by atoms with Crippen LogP contribution in [-0.4, -0.2) is 186 Å². The van der Waals surface area contributed by atoms with E-state index >= 15 is 0 Å². The van der Waals surface area contributed by atoms with Gasteiger partial charge >= 0.3 is 29.6 Å². The van der Waals surface area contributed by atoms with Gasteiger partial charge in [0.05, 0.1) is 12.1 Å². The monoisotopic (exact) mass is 959 g/mol. The van der Waals surface area contributed by atoms with E-state index < -0.39 is 148 Å². The first-order chi connectivity index (χ1) is 30.7. The fourth-order valence-electron chi connectivity index (χ4n) is 7.39. The van der Waals surface area contributed by atoms with E-state index in [-0.39, 0.29) is 6.42 Å². The maximum Gasteiger partial charge on any atom is 0.328 e. The lowest BCUT2D eigenvalue weighted by Gasteiger charge is -2.52. The number of epoxide rings is 1. The van der Waals surface area contributed by atoms with Crippen molar-refractivity contribution < 1.29 is 126 Å². The maximum absolute atomic E-state index is 14.6. The number of benzene rings is 3. The normalized spacial score (nSPS) is 21.8. The average Bonchev–Trinajstić information content (AvgIpc) is 3.93. The number of phenolic OH excluding ortho intramolecular Hbond substituents is 5. The average molecular weight is 960 g/mol. The molecule has 2 fully saturated rings. The summed E-state index contributed by atoms with van der Waals surface area (Å²) in [5, 5.41) is 202. The van der Waals surface area contributed by atoms with Gasteiger partial charge in [-0.1, -0.05) is 48.5 Å². The molecular weight excluding hydrogens is 910 g/mol. The molecule has 5 rings (SSSR count). The van der Waals surface area contributed by atoms with Crippen LogP contribution in [-0.2, 0) is 31.3 Å². The summed E-state index contributed by atoms with van der Waals surface area (Å²) in [6.07, 6.45) is -13.6. The SMILES string of the molecule is Cc1cccc(C)c1OCC(=O)CC(Cc1ccccc1)C(O)CC(NC(=O)C1(N2C(=O)NC(O)(O)C(O)(O)C2(O)O)OC1OC(C(O)O)C(O)(O)O)C(O)(O)c1c(O)c(O)c(O)c(O)c1O. The standard InChI is InChI=1S/C39H49N3O25/c1-15-7-6-8-16(2)28(15)65-14-19(43)12-18(11-17-9-4-3-5-10-17)20(44)13-21(35(54,55)22-23(45)25(47)27(49)26(48)24(22)46)40-31(52)34(32(67-34)66-29(30(50)51)36(56,57)58)42-33(53)41-38(61,62)37(59,60)39(42,63)64/h3-10,18,20-21,29-30,32,44-51,54-64H,11-14H2,1-2H3,(H,40,52)(H,41,53). The van der Waals surface area contributed by atoms with Gasteiger partial charge in [0.25, 0.3) is 11.6 Å². The van der Waals surface area contributed by atoms with E-state index in [4.69, 9.17) is 14.2 Å². The number of aliphatic hydroxyl groups is 14. The van der Waals surface area contributed by atoms with Crippen LogP contribution in [0.1, 0.15) is 35.1 Å². The van der Waals surface area contributed by atoms with Crippen molar-refractivity contribution in [3.8, 4) is 34.5 Å². The van der Waals surface area contributed by atoms with E-state index in [1.54, 1.807) is 67.7 Å². The van der Waals surface area contributed by atoms with Crippen molar-refractivity contribution in [2.75, 3.05) is 6.61 Å². The largest absolute Gasteiger partial charge is 0.504 e. The second kappa shape index (κ2) is 18.4. The van der Waals surface area contributed by atoms with Crippen molar-refractivity contribution in [1.29, 1.82) is 0 Å². The Hall–Kier alpha value is -5.77. The number of phenols is 5. The third-order valence-corrected chi connectivity index (χ3v) is 11.0. The molecule has 3 aromatic carbocycles. The highest BCUT2D eigenvalue weighted by Gasteiger charge is 2.82. The molecule has 0 spiro atoms. The number of nitrogens with one attached hydrogen (secondary N) is 2. The van der Waals surface area contributed by atoms with Crippen LogP contribution in [0.2, 0.25) is 0 Å². The summed E-state index contributed by atoms with van der Waals surface area (Å²) in [6.45, 7) is 2.82. The van der Waals surface area contributed by atoms with E-state index in [1.165, 1.54) is 0 Å². The third-order valence-electron chi connectivity index (χ3n) is 11.0. The molecule has 2 aliphatic rings. The van der Waals surface area contributed by atoms with Gasteiger partial charge in [-0.3, -0.25) is 14.9 Å². The van der Waals surface area contributed by atoms with Gasteiger partial charge in [-0.25, -0.2) is 9.69 Å². The van der Waals surface area contributed by atoms with E-state index in [0.29, 0.717) is 22.4 Å². The zero-order valence-corrected chi connectivity index (χ0v) is 34.8. The third kappa shape index (κ3) is 9.68. The molecule has 0 saturated carbocycles. The summed E-state index contributed by atoms with van der Waals surface area (Å²) in [6, 6.07) is 7.78. The number of nitrogens with zero attached hydrogens (tertiary/aromatic N) is 1. The predicted octanol–water partition coefficient (Wildman–Crippen LogP) is -6.54. The number of hydrogen-bond acceptors (Lipinski definition) is 25. The van der Waals surface area contributed by atoms with E-state index in [9.17, 15) is 111 Å². The highest BCUT2D eigenvalue weighted by Crippen LogP contribution is 2.55. The number of amides is 3. The molecule has 3 aromatic rings. The Morgan fingerprint density at radius 2 is 1.36 bits per heavy atom. The van der Waals surface area contributed by atoms with Crippen molar-refractivity contribution >= 4 is 17.7 Å². The molecule has 28 nitrogen and oxygen atoms in total. The number of ether oxygens (including phenoxy) is 3. The topological polar surface area (TPSA) is 494 Å². The van der Waals surface area contributed by atoms with Crippen LogP contribution >= 0.6 is 0 Å². The van der Waals surface area contributed by atoms with Gasteiger partial charge in [-0.15, -0.1) is 0 Å². The molecule has 2 saturated heterocycles. The van der Waals surface area contributed by atoms with Crippen LogP contribution < -0.4 is 15.4 Å². The number of para-hydroxylation sites is 1. The molecule has 0 aromatic heterocycles. The van der Waals surface area contributed by atoms with Gasteiger partial charge < -0.3 is 117 Å². The molecule has 6 atom stereocenters. The second-order valence-electron chi connectivity index (χ2n) is 15.9. The minimum absolute atomic E-state index is 0.233. The number of Topliss-reactive ketones (excluding diaryl/α,β-unsaturated/α-hetero) is 1.